The maximum absolute atomic E-state index is 12.5. The van der Waals surface area contributed by atoms with E-state index in [1.54, 1.807) is 36.7 Å². The molecule has 6 nitrogen and oxygen atoms in total. The van der Waals surface area contributed by atoms with Crippen molar-refractivity contribution in [2.75, 3.05) is 10.0 Å². The van der Waals surface area contributed by atoms with Gasteiger partial charge in [0, 0.05) is 0 Å². The summed E-state index contributed by atoms with van der Waals surface area (Å²) >= 11 is 0. The molecule has 1 aromatic carbocycles. The summed E-state index contributed by atoms with van der Waals surface area (Å²) in [7, 11) is -3.66. The van der Waals surface area contributed by atoms with Crippen molar-refractivity contribution in [3.63, 3.8) is 0 Å². The number of hydrogen-bond acceptors (Lipinski definition) is 5. The van der Waals surface area contributed by atoms with Crippen LogP contribution in [-0.4, -0.2) is 13.4 Å². The molecule has 0 amide bonds. The number of sulfonamides is 1. The number of hydrogen-bond donors (Lipinski definition) is 2. The van der Waals surface area contributed by atoms with Gasteiger partial charge in [0.15, 0.2) is 0 Å². The maximum Gasteiger partial charge on any atom is 0.263 e. The molecular formula is C19H21N3O3S. The first-order valence-corrected chi connectivity index (χ1v) is 9.77. The molecule has 2 aromatic heterocycles. The predicted octanol–water partition coefficient (Wildman–Crippen LogP) is 4.21. The molecule has 0 saturated heterocycles. The molecule has 0 atom stereocenters. The minimum atomic E-state index is -3.66. The molecule has 3 aromatic rings. The quantitative estimate of drug-likeness (QED) is 0.650. The van der Waals surface area contributed by atoms with Crippen molar-refractivity contribution in [3.05, 3.63) is 72.3 Å². The van der Waals surface area contributed by atoms with Gasteiger partial charge >= 0.3 is 0 Å². The average Bonchev–Trinajstić information content (AvgIpc) is 3.14. The van der Waals surface area contributed by atoms with Crippen molar-refractivity contribution in [3.8, 4) is 0 Å². The highest BCUT2D eigenvalue weighted by Gasteiger charge is 2.15. The predicted molar refractivity (Wildman–Crippen MR) is 102 cm³/mol. The molecule has 0 saturated carbocycles. The normalized spacial score (nSPS) is 11.5. The number of anilines is 2. The molecule has 0 spiro atoms. The first-order chi connectivity index (χ1) is 12.4. The fourth-order valence-electron chi connectivity index (χ4n) is 2.39. The molecule has 7 heteroatoms. The molecule has 26 heavy (non-hydrogen) atoms. The fraction of sp³-hybridized carbons (Fsp3) is 0.211. The second-order valence-electron chi connectivity index (χ2n) is 6.19. The van der Waals surface area contributed by atoms with Gasteiger partial charge in [-0.3, -0.25) is 4.72 Å². The SMILES string of the molecule is CC(C)c1ccc(S(=O)(=O)Nc2ccc(NCc3ccco3)cn2)cc1. The van der Waals surface area contributed by atoms with Gasteiger partial charge in [-0.05, 0) is 47.9 Å². The molecule has 2 N–H and O–H groups in total. The van der Waals surface area contributed by atoms with E-state index >= 15 is 0 Å². The molecule has 0 aliphatic carbocycles. The van der Waals surface area contributed by atoms with E-state index in [9.17, 15) is 8.42 Å². The molecule has 0 unspecified atom stereocenters. The van der Waals surface area contributed by atoms with Gasteiger partial charge in [0.05, 0.1) is 29.6 Å². The Morgan fingerprint density at radius 1 is 1.08 bits per heavy atom. The zero-order valence-corrected chi connectivity index (χ0v) is 15.5. The summed E-state index contributed by atoms with van der Waals surface area (Å²) in [4.78, 5) is 4.36. The highest BCUT2D eigenvalue weighted by molar-refractivity contribution is 7.92. The Hall–Kier alpha value is -2.80. The van der Waals surface area contributed by atoms with Gasteiger partial charge in [-0.25, -0.2) is 13.4 Å². The Morgan fingerprint density at radius 3 is 2.42 bits per heavy atom. The summed E-state index contributed by atoms with van der Waals surface area (Å²) in [6.45, 7) is 4.66. The Bertz CT molecular complexity index is 933. The van der Waals surface area contributed by atoms with Crippen LogP contribution in [0.15, 0.2) is 70.3 Å². The maximum atomic E-state index is 12.5. The third-order valence-electron chi connectivity index (χ3n) is 3.91. The Balaban J connectivity index is 1.65. The lowest BCUT2D eigenvalue weighted by Gasteiger charge is -2.10. The van der Waals surface area contributed by atoms with Crippen molar-refractivity contribution in [2.24, 2.45) is 0 Å². The first kappa shape index (κ1) is 18.0. The fourth-order valence-corrected chi connectivity index (χ4v) is 3.40. The topological polar surface area (TPSA) is 84.2 Å². The Labute approximate surface area is 153 Å². The van der Waals surface area contributed by atoms with Crippen LogP contribution in [0.5, 0.6) is 0 Å². The van der Waals surface area contributed by atoms with Crippen LogP contribution in [0.4, 0.5) is 11.5 Å². The first-order valence-electron chi connectivity index (χ1n) is 8.29. The number of rotatable bonds is 7. The van der Waals surface area contributed by atoms with Crippen LogP contribution >= 0.6 is 0 Å². The summed E-state index contributed by atoms with van der Waals surface area (Å²) in [6.07, 6.45) is 3.18. The number of benzene rings is 1. The van der Waals surface area contributed by atoms with Gasteiger partial charge in [0.1, 0.15) is 11.6 Å². The van der Waals surface area contributed by atoms with E-state index in [0.29, 0.717) is 12.5 Å². The Morgan fingerprint density at radius 2 is 1.85 bits per heavy atom. The summed E-state index contributed by atoms with van der Waals surface area (Å²) in [6, 6.07) is 13.9. The molecular weight excluding hydrogens is 350 g/mol. The van der Waals surface area contributed by atoms with Gasteiger partial charge in [-0.1, -0.05) is 26.0 Å². The van der Waals surface area contributed by atoms with E-state index in [4.69, 9.17) is 4.42 Å². The molecule has 0 aliphatic rings. The van der Waals surface area contributed by atoms with E-state index in [1.165, 1.54) is 0 Å². The van der Waals surface area contributed by atoms with Crippen molar-refractivity contribution in [2.45, 2.75) is 31.2 Å². The van der Waals surface area contributed by atoms with Crippen molar-refractivity contribution in [1.82, 2.24) is 4.98 Å². The minimum absolute atomic E-state index is 0.212. The number of nitrogens with one attached hydrogen (secondary N) is 2. The molecule has 136 valence electrons. The summed E-state index contributed by atoms with van der Waals surface area (Å²) in [5, 5.41) is 3.15. The van der Waals surface area contributed by atoms with Gasteiger partial charge in [-0.2, -0.15) is 0 Å². The van der Waals surface area contributed by atoms with Crippen LogP contribution in [0.2, 0.25) is 0 Å². The number of nitrogens with zero attached hydrogens (tertiary/aromatic N) is 1. The molecule has 0 radical (unpaired) electrons. The highest BCUT2D eigenvalue weighted by Crippen LogP contribution is 2.20. The Kier molecular flexibility index (Phi) is 5.27. The van der Waals surface area contributed by atoms with E-state index in [2.05, 4.69) is 28.9 Å². The summed E-state index contributed by atoms with van der Waals surface area (Å²) < 4.78 is 32.7. The van der Waals surface area contributed by atoms with Crippen LogP contribution in [0.1, 0.15) is 31.1 Å². The molecule has 0 fully saturated rings. The second kappa shape index (κ2) is 7.61. The van der Waals surface area contributed by atoms with E-state index < -0.39 is 10.0 Å². The number of furan rings is 1. The minimum Gasteiger partial charge on any atom is -0.467 e. The molecule has 2 heterocycles. The van der Waals surface area contributed by atoms with Crippen molar-refractivity contribution in [1.29, 1.82) is 0 Å². The summed E-state index contributed by atoms with van der Waals surface area (Å²) in [5.41, 5.74) is 1.86. The van der Waals surface area contributed by atoms with Crippen LogP contribution < -0.4 is 10.0 Å². The zero-order valence-electron chi connectivity index (χ0n) is 14.6. The number of aromatic nitrogens is 1. The molecule has 3 rings (SSSR count). The van der Waals surface area contributed by atoms with Gasteiger partial charge < -0.3 is 9.73 Å². The lowest BCUT2D eigenvalue weighted by molar-refractivity contribution is 0.518. The lowest BCUT2D eigenvalue weighted by atomic mass is 10.0. The van der Waals surface area contributed by atoms with Crippen LogP contribution in [-0.2, 0) is 16.6 Å². The van der Waals surface area contributed by atoms with Crippen LogP contribution in [0.25, 0.3) is 0 Å². The third-order valence-corrected chi connectivity index (χ3v) is 5.28. The largest absolute Gasteiger partial charge is 0.467 e. The smallest absolute Gasteiger partial charge is 0.263 e. The lowest BCUT2D eigenvalue weighted by Crippen LogP contribution is -2.14. The second-order valence-corrected chi connectivity index (χ2v) is 7.88. The third kappa shape index (κ3) is 4.43. The van der Waals surface area contributed by atoms with Crippen molar-refractivity contribution < 1.29 is 12.8 Å². The number of pyridine rings is 1. The van der Waals surface area contributed by atoms with E-state index in [-0.39, 0.29) is 10.7 Å². The van der Waals surface area contributed by atoms with E-state index in [1.807, 2.05) is 24.3 Å². The monoisotopic (exact) mass is 371 g/mol. The molecule has 0 aliphatic heterocycles. The van der Waals surface area contributed by atoms with Gasteiger partial charge in [0.25, 0.3) is 10.0 Å². The van der Waals surface area contributed by atoms with Gasteiger partial charge in [0.2, 0.25) is 0 Å². The van der Waals surface area contributed by atoms with Crippen LogP contribution in [0, 0.1) is 0 Å². The average molecular weight is 371 g/mol. The van der Waals surface area contributed by atoms with Crippen molar-refractivity contribution >= 4 is 21.5 Å². The molecule has 0 bridgehead atoms. The zero-order chi connectivity index (χ0) is 18.6. The standard InChI is InChI=1S/C19H21N3O3S/c1-14(2)15-5-8-18(9-6-15)26(23,24)22-19-10-7-16(12-21-19)20-13-17-4-3-11-25-17/h3-12,14,20H,13H2,1-2H3,(H,21,22). The highest BCUT2D eigenvalue weighted by atomic mass is 32.2. The summed E-state index contributed by atoms with van der Waals surface area (Å²) in [5.74, 6) is 1.42. The van der Waals surface area contributed by atoms with Crippen LogP contribution in [0.3, 0.4) is 0 Å². The van der Waals surface area contributed by atoms with Gasteiger partial charge in [-0.15, -0.1) is 0 Å². The van der Waals surface area contributed by atoms with E-state index in [0.717, 1.165) is 17.0 Å².